The Bertz CT molecular complexity index is 476. The van der Waals surface area contributed by atoms with E-state index in [1.54, 1.807) is 24.4 Å². The molecule has 0 fully saturated rings. The van der Waals surface area contributed by atoms with Crippen molar-refractivity contribution < 1.29 is 9.53 Å². The molecule has 1 atom stereocenters. The van der Waals surface area contributed by atoms with Crippen LogP contribution in [0.3, 0.4) is 0 Å². The largest absolute Gasteiger partial charge is 0.383 e. The van der Waals surface area contributed by atoms with Crippen LogP contribution in [0.4, 0.5) is 4.79 Å². The van der Waals surface area contributed by atoms with Gasteiger partial charge in [0, 0.05) is 39.1 Å². The maximum absolute atomic E-state index is 12.4. The van der Waals surface area contributed by atoms with Crippen LogP contribution in [0.1, 0.15) is 24.8 Å². The lowest BCUT2D eigenvalue weighted by Gasteiger charge is -2.25. The maximum Gasteiger partial charge on any atom is 0.317 e. The molecule has 2 rings (SSSR count). The number of hydrogen-bond donors (Lipinski definition) is 1. The zero-order valence-corrected chi connectivity index (χ0v) is 13.2. The Morgan fingerprint density at radius 1 is 1.50 bits per heavy atom. The van der Waals surface area contributed by atoms with Crippen LogP contribution in [0.2, 0.25) is 0 Å². The Kier molecular flexibility index (Phi) is 6.90. The molecule has 120 valence electrons. The van der Waals surface area contributed by atoms with Gasteiger partial charge < -0.3 is 15.0 Å². The zero-order valence-electron chi connectivity index (χ0n) is 13.2. The van der Waals surface area contributed by atoms with E-state index >= 15 is 0 Å². The van der Waals surface area contributed by atoms with E-state index in [9.17, 15) is 4.79 Å². The number of pyridine rings is 1. The van der Waals surface area contributed by atoms with Crippen LogP contribution in [-0.4, -0.2) is 42.7 Å². The normalized spacial score (nSPS) is 17.2. The molecule has 0 saturated heterocycles. The molecule has 1 aliphatic rings. The van der Waals surface area contributed by atoms with Crippen LogP contribution >= 0.6 is 0 Å². The molecular weight excluding hydrogens is 278 g/mol. The van der Waals surface area contributed by atoms with E-state index in [4.69, 9.17) is 4.74 Å². The molecule has 1 aliphatic carbocycles. The molecule has 1 aromatic rings. The van der Waals surface area contributed by atoms with Crippen molar-refractivity contribution in [1.29, 1.82) is 0 Å². The summed E-state index contributed by atoms with van der Waals surface area (Å²) in [5, 5.41) is 3.06. The Labute approximate surface area is 132 Å². The van der Waals surface area contributed by atoms with Gasteiger partial charge in [-0.3, -0.25) is 4.98 Å². The summed E-state index contributed by atoms with van der Waals surface area (Å²) in [6.45, 7) is 2.38. The lowest BCUT2D eigenvalue weighted by atomic mass is 9.94. The molecule has 1 heterocycles. The number of carbonyl (C=O) groups excluding carboxylic acids is 1. The van der Waals surface area contributed by atoms with Crippen molar-refractivity contribution in [1.82, 2.24) is 15.2 Å². The van der Waals surface area contributed by atoms with E-state index in [1.165, 1.54) is 0 Å². The molecule has 2 amide bonds. The van der Waals surface area contributed by atoms with Gasteiger partial charge in [-0.15, -0.1) is 0 Å². The number of amides is 2. The number of nitrogens with zero attached hydrogens (tertiary/aromatic N) is 2. The van der Waals surface area contributed by atoms with Gasteiger partial charge in [-0.05, 0) is 36.8 Å². The van der Waals surface area contributed by atoms with Crippen LogP contribution in [0.15, 0.2) is 36.7 Å². The molecule has 0 radical (unpaired) electrons. The third-order valence-corrected chi connectivity index (χ3v) is 3.87. The van der Waals surface area contributed by atoms with Crippen LogP contribution in [0, 0.1) is 5.92 Å². The predicted octanol–water partition coefficient (Wildman–Crippen LogP) is 2.60. The fourth-order valence-corrected chi connectivity index (χ4v) is 2.55. The van der Waals surface area contributed by atoms with Crippen molar-refractivity contribution in [2.75, 3.05) is 26.8 Å². The van der Waals surface area contributed by atoms with Gasteiger partial charge >= 0.3 is 6.03 Å². The lowest BCUT2D eigenvalue weighted by molar-refractivity contribution is 0.145. The van der Waals surface area contributed by atoms with Gasteiger partial charge in [-0.25, -0.2) is 4.79 Å². The van der Waals surface area contributed by atoms with Crippen molar-refractivity contribution in [3.8, 4) is 0 Å². The Morgan fingerprint density at radius 3 is 3.09 bits per heavy atom. The van der Waals surface area contributed by atoms with Gasteiger partial charge in [0.25, 0.3) is 0 Å². The van der Waals surface area contributed by atoms with E-state index in [-0.39, 0.29) is 6.03 Å². The molecule has 0 unspecified atom stereocenters. The van der Waals surface area contributed by atoms with Gasteiger partial charge in [0.05, 0.1) is 6.61 Å². The van der Waals surface area contributed by atoms with E-state index in [0.29, 0.717) is 25.6 Å². The summed E-state index contributed by atoms with van der Waals surface area (Å²) in [7, 11) is 1.65. The highest BCUT2D eigenvalue weighted by Gasteiger charge is 2.16. The van der Waals surface area contributed by atoms with Crippen LogP contribution in [0.25, 0.3) is 0 Å². The lowest BCUT2D eigenvalue weighted by Crippen LogP contribution is -2.43. The molecule has 0 spiro atoms. The highest BCUT2D eigenvalue weighted by Crippen LogP contribution is 2.17. The number of nitrogens with one attached hydrogen (secondary N) is 1. The van der Waals surface area contributed by atoms with Crippen molar-refractivity contribution in [2.24, 2.45) is 5.92 Å². The number of ether oxygens (including phenoxy) is 1. The molecular formula is C17H25N3O2. The van der Waals surface area contributed by atoms with E-state index in [2.05, 4.69) is 22.5 Å². The van der Waals surface area contributed by atoms with Gasteiger partial charge in [0.1, 0.15) is 0 Å². The third kappa shape index (κ3) is 5.48. The first kappa shape index (κ1) is 16.5. The first-order valence-corrected chi connectivity index (χ1v) is 7.85. The zero-order chi connectivity index (χ0) is 15.6. The molecule has 5 heteroatoms. The summed E-state index contributed by atoms with van der Waals surface area (Å²) in [5.41, 5.74) is 1.02. The summed E-state index contributed by atoms with van der Waals surface area (Å²) in [5.74, 6) is 0.552. The number of carbonyl (C=O) groups is 1. The number of aromatic nitrogens is 1. The second-order valence-corrected chi connectivity index (χ2v) is 5.61. The summed E-state index contributed by atoms with van der Waals surface area (Å²) >= 11 is 0. The van der Waals surface area contributed by atoms with Gasteiger partial charge in [-0.2, -0.15) is 0 Å². The van der Waals surface area contributed by atoms with E-state index in [1.807, 2.05) is 12.1 Å². The minimum atomic E-state index is -0.0320. The standard InChI is InChI=1S/C17H25N3O2/c1-22-11-10-20(14-16-8-5-9-18-12-16)17(21)19-13-15-6-3-2-4-7-15/h2-3,5,8-9,12,15H,4,6-7,10-11,13-14H2,1H3,(H,19,21)/t15-/m1/s1. The number of hydrogen-bond acceptors (Lipinski definition) is 3. The fraction of sp³-hybridized carbons (Fsp3) is 0.529. The first-order valence-electron chi connectivity index (χ1n) is 7.85. The molecule has 1 N–H and O–H groups in total. The fourth-order valence-electron chi connectivity index (χ4n) is 2.55. The molecule has 1 aromatic heterocycles. The summed E-state index contributed by atoms with van der Waals surface area (Å²) in [4.78, 5) is 18.3. The van der Waals surface area contributed by atoms with Crippen LogP contribution in [0.5, 0.6) is 0 Å². The van der Waals surface area contributed by atoms with Crippen molar-refractivity contribution in [3.05, 3.63) is 42.2 Å². The molecule has 0 bridgehead atoms. The van der Waals surface area contributed by atoms with Crippen molar-refractivity contribution in [3.63, 3.8) is 0 Å². The number of methoxy groups -OCH3 is 1. The Balaban J connectivity index is 1.86. The highest BCUT2D eigenvalue weighted by atomic mass is 16.5. The SMILES string of the molecule is COCCN(Cc1cccnc1)C(=O)NC[C@@H]1CC=CCC1. The van der Waals surface area contributed by atoms with Gasteiger partial charge in [0.15, 0.2) is 0 Å². The monoisotopic (exact) mass is 303 g/mol. The van der Waals surface area contributed by atoms with Gasteiger partial charge in [0.2, 0.25) is 0 Å². The average Bonchev–Trinajstić information content (AvgIpc) is 2.58. The predicted molar refractivity (Wildman–Crippen MR) is 86.4 cm³/mol. The minimum absolute atomic E-state index is 0.0320. The maximum atomic E-state index is 12.4. The van der Waals surface area contributed by atoms with Crippen molar-refractivity contribution >= 4 is 6.03 Å². The smallest absolute Gasteiger partial charge is 0.317 e. The second-order valence-electron chi connectivity index (χ2n) is 5.61. The van der Waals surface area contributed by atoms with Crippen molar-refractivity contribution in [2.45, 2.75) is 25.8 Å². The summed E-state index contributed by atoms with van der Waals surface area (Å²) in [6.07, 6.45) is 11.3. The van der Waals surface area contributed by atoms with E-state index < -0.39 is 0 Å². The van der Waals surface area contributed by atoms with Crippen LogP contribution < -0.4 is 5.32 Å². The minimum Gasteiger partial charge on any atom is -0.383 e. The Hall–Kier alpha value is -1.88. The quantitative estimate of drug-likeness (QED) is 0.788. The second kappa shape index (κ2) is 9.20. The van der Waals surface area contributed by atoms with E-state index in [0.717, 1.165) is 31.4 Å². The number of urea groups is 1. The average molecular weight is 303 g/mol. The topological polar surface area (TPSA) is 54.5 Å². The van der Waals surface area contributed by atoms with Gasteiger partial charge in [-0.1, -0.05) is 18.2 Å². The third-order valence-electron chi connectivity index (χ3n) is 3.87. The molecule has 0 saturated carbocycles. The summed E-state index contributed by atoms with van der Waals surface area (Å²) < 4.78 is 5.11. The highest BCUT2D eigenvalue weighted by molar-refractivity contribution is 5.74. The molecule has 5 nitrogen and oxygen atoms in total. The first-order chi connectivity index (χ1) is 10.8. The summed E-state index contributed by atoms with van der Waals surface area (Å²) in [6, 6.07) is 3.83. The van der Waals surface area contributed by atoms with Crippen LogP contribution in [-0.2, 0) is 11.3 Å². The number of allylic oxidation sites excluding steroid dienone is 2. The molecule has 22 heavy (non-hydrogen) atoms. The molecule has 0 aliphatic heterocycles. The Morgan fingerprint density at radius 2 is 2.41 bits per heavy atom. The molecule has 0 aromatic carbocycles. The number of rotatable bonds is 7.